The summed E-state index contributed by atoms with van der Waals surface area (Å²) in [6.07, 6.45) is 0. The number of aryl methyl sites for hydroxylation is 4. The molecule has 0 spiro atoms. The van der Waals surface area contributed by atoms with Gasteiger partial charge in [0.15, 0.2) is 0 Å². The highest BCUT2D eigenvalue weighted by Gasteiger charge is 2.32. The van der Waals surface area contributed by atoms with Crippen molar-refractivity contribution in [3.8, 4) is 0 Å². The van der Waals surface area contributed by atoms with Crippen molar-refractivity contribution in [3.63, 3.8) is 0 Å². The summed E-state index contributed by atoms with van der Waals surface area (Å²) in [5.41, 5.74) is 4.67. The number of hydrogen-bond acceptors (Lipinski definition) is 4. The van der Waals surface area contributed by atoms with Crippen LogP contribution in [-0.2, 0) is 14.8 Å². The molecule has 3 rings (SSSR count). The number of piperazine rings is 1. The van der Waals surface area contributed by atoms with Crippen LogP contribution in [0.2, 0.25) is 0 Å². The van der Waals surface area contributed by atoms with Gasteiger partial charge < -0.3 is 5.32 Å². The minimum atomic E-state index is -3.54. The Morgan fingerprint density at radius 2 is 1.50 bits per heavy atom. The molecule has 0 saturated carbocycles. The number of anilines is 1. The molecule has 1 unspecified atom stereocenters. The highest BCUT2D eigenvalue weighted by molar-refractivity contribution is 7.89. The summed E-state index contributed by atoms with van der Waals surface area (Å²) in [6.45, 7) is 11.4. The standard InChI is InChI=1S/C23H31N3O3S/c1-16-7-9-21(19(4)14-16)24-23(27)20(5)25-10-12-26(13-11-25)30(28,29)22-15-17(2)6-8-18(22)3/h6-9,14-15,20H,10-13H2,1-5H3,(H,24,27). The fourth-order valence-electron chi connectivity index (χ4n) is 3.81. The number of nitrogens with one attached hydrogen (secondary N) is 1. The molecule has 1 aliphatic heterocycles. The first-order valence-electron chi connectivity index (χ1n) is 10.3. The Hall–Kier alpha value is -2.22. The highest BCUT2D eigenvalue weighted by Crippen LogP contribution is 2.23. The Morgan fingerprint density at radius 1 is 0.900 bits per heavy atom. The number of nitrogens with zero attached hydrogens (tertiary/aromatic N) is 2. The summed E-state index contributed by atoms with van der Waals surface area (Å²) < 4.78 is 27.7. The number of hydrogen-bond donors (Lipinski definition) is 1. The van der Waals surface area contributed by atoms with Gasteiger partial charge in [-0.25, -0.2) is 8.42 Å². The first kappa shape index (κ1) is 22.5. The van der Waals surface area contributed by atoms with Crippen LogP contribution in [0.4, 0.5) is 5.69 Å². The summed E-state index contributed by atoms with van der Waals surface area (Å²) in [7, 11) is -3.54. The van der Waals surface area contributed by atoms with Crippen molar-refractivity contribution in [2.75, 3.05) is 31.5 Å². The van der Waals surface area contributed by atoms with Crippen molar-refractivity contribution in [2.24, 2.45) is 0 Å². The van der Waals surface area contributed by atoms with Crippen LogP contribution in [0.15, 0.2) is 41.3 Å². The van der Waals surface area contributed by atoms with Crippen LogP contribution in [0.25, 0.3) is 0 Å². The van der Waals surface area contributed by atoms with Gasteiger partial charge in [-0.15, -0.1) is 0 Å². The topological polar surface area (TPSA) is 69.7 Å². The number of rotatable bonds is 5. The Kier molecular flexibility index (Phi) is 6.65. The number of amides is 1. The lowest BCUT2D eigenvalue weighted by atomic mass is 10.1. The molecule has 7 heteroatoms. The molecule has 2 aromatic carbocycles. The second-order valence-corrected chi connectivity index (χ2v) is 10.1. The summed E-state index contributed by atoms with van der Waals surface area (Å²) >= 11 is 0. The van der Waals surface area contributed by atoms with Crippen molar-refractivity contribution < 1.29 is 13.2 Å². The zero-order valence-electron chi connectivity index (χ0n) is 18.4. The second kappa shape index (κ2) is 8.88. The van der Waals surface area contributed by atoms with Crippen molar-refractivity contribution in [2.45, 2.75) is 45.6 Å². The predicted octanol–water partition coefficient (Wildman–Crippen LogP) is 3.25. The zero-order chi connectivity index (χ0) is 22.1. The molecule has 1 N–H and O–H groups in total. The van der Waals surface area contributed by atoms with Crippen molar-refractivity contribution >= 4 is 21.6 Å². The Morgan fingerprint density at radius 3 is 2.13 bits per heavy atom. The number of sulfonamides is 1. The zero-order valence-corrected chi connectivity index (χ0v) is 19.2. The van der Waals surface area contributed by atoms with Gasteiger partial charge in [0.1, 0.15) is 0 Å². The normalized spacial score (nSPS) is 17.0. The molecule has 1 saturated heterocycles. The lowest BCUT2D eigenvalue weighted by Crippen LogP contribution is -2.54. The van der Waals surface area contributed by atoms with E-state index in [1.807, 2.05) is 69.9 Å². The van der Waals surface area contributed by atoms with E-state index in [-0.39, 0.29) is 11.9 Å². The molecule has 1 heterocycles. The fraction of sp³-hybridized carbons (Fsp3) is 0.435. The third kappa shape index (κ3) is 4.74. The molecule has 0 bridgehead atoms. The van der Waals surface area contributed by atoms with Crippen LogP contribution < -0.4 is 5.32 Å². The maximum atomic E-state index is 13.1. The quantitative estimate of drug-likeness (QED) is 0.792. The molecular formula is C23H31N3O3S. The van der Waals surface area contributed by atoms with Crippen LogP contribution in [-0.4, -0.2) is 55.8 Å². The van der Waals surface area contributed by atoms with E-state index in [0.29, 0.717) is 31.1 Å². The van der Waals surface area contributed by atoms with Gasteiger partial charge in [0, 0.05) is 31.9 Å². The van der Waals surface area contributed by atoms with Crippen LogP contribution in [0, 0.1) is 27.7 Å². The summed E-state index contributed by atoms with van der Waals surface area (Å²) in [5, 5.41) is 3.00. The lowest BCUT2D eigenvalue weighted by Gasteiger charge is -2.37. The number of carbonyl (C=O) groups is 1. The Bertz CT molecular complexity index is 1040. The van der Waals surface area contributed by atoms with Gasteiger partial charge in [-0.05, 0) is 63.4 Å². The molecule has 0 aromatic heterocycles. The minimum Gasteiger partial charge on any atom is -0.324 e. The molecule has 1 amide bonds. The maximum absolute atomic E-state index is 13.1. The van der Waals surface area contributed by atoms with Crippen molar-refractivity contribution in [1.29, 1.82) is 0 Å². The van der Waals surface area contributed by atoms with Gasteiger partial charge in [-0.1, -0.05) is 29.8 Å². The van der Waals surface area contributed by atoms with E-state index in [9.17, 15) is 13.2 Å². The van der Waals surface area contributed by atoms with E-state index in [4.69, 9.17) is 0 Å². The van der Waals surface area contributed by atoms with E-state index in [0.717, 1.165) is 27.9 Å². The highest BCUT2D eigenvalue weighted by atomic mass is 32.2. The van der Waals surface area contributed by atoms with E-state index in [1.165, 1.54) is 4.31 Å². The molecule has 6 nitrogen and oxygen atoms in total. The molecule has 0 radical (unpaired) electrons. The first-order valence-corrected chi connectivity index (χ1v) is 11.7. The fourth-order valence-corrected chi connectivity index (χ4v) is 5.54. The van der Waals surface area contributed by atoms with E-state index < -0.39 is 10.0 Å². The van der Waals surface area contributed by atoms with Gasteiger partial charge in [-0.2, -0.15) is 4.31 Å². The SMILES string of the molecule is Cc1ccc(NC(=O)C(C)N2CCN(S(=O)(=O)c3cc(C)ccc3C)CC2)c(C)c1. The number of carbonyl (C=O) groups excluding carboxylic acids is 1. The van der Waals surface area contributed by atoms with Crippen molar-refractivity contribution in [1.82, 2.24) is 9.21 Å². The van der Waals surface area contributed by atoms with Crippen LogP contribution in [0.1, 0.15) is 29.2 Å². The van der Waals surface area contributed by atoms with Crippen molar-refractivity contribution in [3.05, 3.63) is 58.7 Å². The van der Waals surface area contributed by atoms with E-state index >= 15 is 0 Å². The third-order valence-corrected chi connectivity index (χ3v) is 7.84. The van der Waals surface area contributed by atoms with E-state index in [1.54, 1.807) is 6.07 Å². The molecule has 30 heavy (non-hydrogen) atoms. The molecule has 2 aromatic rings. The van der Waals surface area contributed by atoms with Crippen LogP contribution >= 0.6 is 0 Å². The first-order chi connectivity index (χ1) is 14.1. The third-order valence-electron chi connectivity index (χ3n) is 5.80. The average Bonchev–Trinajstić information content (AvgIpc) is 2.71. The van der Waals surface area contributed by atoms with E-state index in [2.05, 4.69) is 5.32 Å². The monoisotopic (exact) mass is 429 g/mol. The molecule has 1 fully saturated rings. The largest absolute Gasteiger partial charge is 0.324 e. The average molecular weight is 430 g/mol. The maximum Gasteiger partial charge on any atom is 0.243 e. The summed E-state index contributed by atoms with van der Waals surface area (Å²) in [5.74, 6) is -0.0761. The van der Waals surface area contributed by atoms with Gasteiger partial charge >= 0.3 is 0 Å². The van der Waals surface area contributed by atoms with Gasteiger partial charge in [-0.3, -0.25) is 9.69 Å². The smallest absolute Gasteiger partial charge is 0.243 e. The van der Waals surface area contributed by atoms with Crippen LogP contribution in [0.3, 0.4) is 0 Å². The van der Waals surface area contributed by atoms with Gasteiger partial charge in [0.05, 0.1) is 10.9 Å². The predicted molar refractivity (Wildman–Crippen MR) is 120 cm³/mol. The minimum absolute atomic E-state index is 0.0761. The molecule has 162 valence electrons. The number of benzene rings is 2. The second-order valence-electron chi connectivity index (χ2n) is 8.19. The Labute approximate surface area is 179 Å². The van der Waals surface area contributed by atoms with Gasteiger partial charge in [0.25, 0.3) is 0 Å². The van der Waals surface area contributed by atoms with Gasteiger partial charge in [0.2, 0.25) is 15.9 Å². The molecule has 1 aliphatic rings. The van der Waals surface area contributed by atoms with Crippen LogP contribution in [0.5, 0.6) is 0 Å². The Balaban J connectivity index is 1.64. The molecule has 1 atom stereocenters. The molecular weight excluding hydrogens is 398 g/mol. The summed E-state index contributed by atoms with van der Waals surface area (Å²) in [6, 6.07) is 11.1. The summed E-state index contributed by atoms with van der Waals surface area (Å²) in [4.78, 5) is 15.2. The lowest BCUT2D eigenvalue weighted by molar-refractivity contribution is -0.121. The molecule has 0 aliphatic carbocycles.